The number of nitrogens with zero attached hydrogens (tertiary/aromatic N) is 3. The first-order valence-electron chi connectivity index (χ1n) is 8.98. The van der Waals surface area contributed by atoms with E-state index in [0.717, 1.165) is 29.3 Å². The minimum Gasteiger partial charge on any atom is -0.453 e. The van der Waals surface area contributed by atoms with Crippen LogP contribution in [-0.2, 0) is 0 Å². The number of fused-ring (bicyclic) bond motifs is 2. The minimum atomic E-state index is -0.287. The number of furan rings is 1. The van der Waals surface area contributed by atoms with E-state index in [4.69, 9.17) is 38.3 Å². The van der Waals surface area contributed by atoms with Crippen molar-refractivity contribution in [3.8, 4) is 11.6 Å². The molecule has 2 aromatic heterocycles. The Morgan fingerprint density at radius 1 is 1.11 bits per heavy atom. The first-order chi connectivity index (χ1) is 13.4. The summed E-state index contributed by atoms with van der Waals surface area (Å²) >= 11 is 12.7. The molecule has 4 aromatic rings. The molecule has 5 nitrogen and oxygen atoms in total. The number of rotatable bonds is 5. The molecule has 1 unspecified atom stereocenters. The molecule has 0 aliphatic rings. The molecule has 0 amide bonds. The van der Waals surface area contributed by atoms with Crippen LogP contribution in [0.1, 0.15) is 18.2 Å². The van der Waals surface area contributed by atoms with Gasteiger partial charge in [-0.1, -0.05) is 41.4 Å². The van der Waals surface area contributed by atoms with Gasteiger partial charge in [-0.25, -0.2) is 9.97 Å². The summed E-state index contributed by atoms with van der Waals surface area (Å²) in [5, 5.41) is 2.74. The lowest BCUT2D eigenvalue weighted by atomic mass is 10.0. The van der Waals surface area contributed by atoms with E-state index in [2.05, 4.69) is 9.88 Å². The molecule has 0 radical (unpaired) electrons. The molecule has 7 heteroatoms. The summed E-state index contributed by atoms with van der Waals surface area (Å²) in [6, 6.07) is 12.9. The number of hydrogen-bond acceptors (Lipinski definition) is 5. The Balaban J connectivity index is 1.90. The summed E-state index contributed by atoms with van der Waals surface area (Å²) < 4.78 is 5.96. The topological polar surface area (TPSA) is 68.2 Å². The predicted molar refractivity (Wildman–Crippen MR) is 115 cm³/mol. The van der Waals surface area contributed by atoms with Gasteiger partial charge in [-0.3, -0.25) is 0 Å². The number of nitrogens with two attached hydrogens (primary N) is 1. The largest absolute Gasteiger partial charge is 0.453 e. The van der Waals surface area contributed by atoms with E-state index in [0.29, 0.717) is 32.8 Å². The zero-order valence-electron chi connectivity index (χ0n) is 15.6. The smallest absolute Gasteiger partial charge is 0.196 e. The Morgan fingerprint density at radius 2 is 1.89 bits per heavy atom. The maximum atomic E-state index is 6.50. The third kappa shape index (κ3) is 3.71. The summed E-state index contributed by atoms with van der Waals surface area (Å²) in [5.41, 5.74) is 8.61. The highest BCUT2D eigenvalue weighted by Crippen LogP contribution is 2.34. The van der Waals surface area contributed by atoms with Gasteiger partial charge in [-0.2, -0.15) is 0 Å². The van der Waals surface area contributed by atoms with Crippen LogP contribution in [0.3, 0.4) is 0 Å². The lowest BCUT2D eigenvalue weighted by Gasteiger charge is -2.17. The molecule has 2 N–H and O–H groups in total. The molecule has 0 aliphatic carbocycles. The van der Waals surface area contributed by atoms with Gasteiger partial charge in [0, 0.05) is 21.8 Å². The van der Waals surface area contributed by atoms with E-state index in [1.807, 2.05) is 50.5 Å². The summed E-state index contributed by atoms with van der Waals surface area (Å²) in [7, 11) is 4.02. The van der Waals surface area contributed by atoms with Gasteiger partial charge in [0.25, 0.3) is 0 Å². The molecule has 0 saturated heterocycles. The fraction of sp³-hybridized carbons (Fsp3) is 0.238. The van der Waals surface area contributed by atoms with Gasteiger partial charge < -0.3 is 15.1 Å². The SMILES string of the molecule is CN(C)CCC(N)c1nc(-c2cc3ccccc3o2)nc2c(Cl)cc(Cl)cc12. The van der Waals surface area contributed by atoms with E-state index in [9.17, 15) is 0 Å². The molecule has 4 rings (SSSR count). The van der Waals surface area contributed by atoms with Gasteiger partial charge in [-0.05, 0) is 51.3 Å². The highest BCUT2D eigenvalue weighted by molar-refractivity contribution is 6.38. The second-order valence-corrected chi connectivity index (χ2v) is 7.91. The van der Waals surface area contributed by atoms with Crippen LogP contribution in [0.25, 0.3) is 33.5 Å². The Bertz CT molecular complexity index is 1120. The highest BCUT2D eigenvalue weighted by Gasteiger charge is 2.19. The lowest BCUT2D eigenvalue weighted by Crippen LogP contribution is -2.21. The molecule has 0 saturated carbocycles. The van der Waals surface area contributed by atoms with E-state index < -0.39 is 0 Å². The number of aromatic nitrogens is 2. The molecule has 0 aliphatic heterocycles. The second-order valence-electron chi connectivity index (χ2n) is 7.06. The van der Waals surface area contributed by atoms with Crippen LogP contribution >= 0.6 is 23.2 Å². The molecule has 2 heterocycles. The summed E-state index contributed by atoms with van der Waals surface area (Å²) in [6.45, 7) is 0.834. The van der Waals surface area contributed by atoms with Crippen LogP contribution in [0, 0.1) is 0 Å². The molecule has 0 bridgehead atoms. The Morgan fingerprint density at radius 3 is 2.64 bits per heavy atom. The van der Waals surface area contributed by atoms with Crippen molar-refractivity contribution < 1.29 is 4.42 Å². The van der Waals surface area contributed by atoms with Crippen LogP contribution in [0.4, 0.5) is 0 Å². The molecule has 0 spiro atoms. The molecular formula is C21H20Cl2N4O. The van der Waals surface area contributed by atoms with Crippen molar-refractivity contribution >= 4 is 45.1 Å². The zero-order chi connectivity index (χ0) is 19.8. The Kier molecular flexibility index (Phi) is 5.25. The maximum Gasteiger partial charge on any atom is 0.196 e. The van der Waals surface area contributed by atoms with Crippen LogP contribution in [0.2, 0.25) is 10.0 Å². The minimum absolute atomic E-state index is 0.287. The lowest BCUT2D eigenvalue weighted by molar-refractivity contribution is 0.381. The standard InChI is InChI=1S/C21H20Cl2N4O/c1-27(2)8-7-16(24)20-14-10-13(22)11-15(23)19(14)25-21(26-20)18-9-12-5-3-4-6-17(12)28-18/h3-6,9-11,16H,7-8,24H2,1-2H3. The fourth-order valence-electron chi connectivity index (χ4n) is 3.20. The van der Waals surface area contributed by atoms with Gasteiger partial charge in [0.1, 0.15) is 5.58 Å². The van der Waals surface area contributed by atoms with Gasteiger partial charge in [-0.15, -0.1) is 0 Å². The van der Waals surface area contributed by atoms with E-state index in [1.54, 1.807) is 6.07 Å². The number of para-hydroxylation sites is 1. The van der Waals surface area contributed by atoms with Crippen molar-refractivity contribution in [2.24, 2.45) is 5.73 Å². The fourth-order valence-corrected chi connectivity index (χ4v) is 3.73. The van der Waals surface area contributed by atoms with Crippen molar-refractivity contribution in [2.75, 3.05) is 20.6 Å². The van der Waals surface area contributed by atoms with Crippen molar-refractivity contribution in [3.05, 3.63) is 58.2 Å². The molecule has 0 fully saturated rings. The molecule has 28 heavy (non-hydrogen) atoms. The Hall–Kier alpha value is -2.18. The first kappa shape index (κ1) is 19.2. The predicted octanol–water partition coefficient (Wildman–Crippen LogP) is 5.30. The van der Waals surface area contributed by atoms with Gasteiger partial charge >= 0.3 is 0 Å². The van der Waals surface area contributed by atoms with Crippen molar-refractivity contribution in [2.45, 2.75) is 12.5 Å². The normalized spacial score (nSPS) is 12.9. The first-order valence-corrected chi connectivity index (χ1v) is 9.74. The monoisotopic (exact) mass is 414 g/mol. The van der Waals surface area contributed by atoms with Gasteiger partial charge in [0.2, 0.25) is 0 Å². The van der Waals surface area contributed by atoms with Crippen LogP contribution in [0.15, 0.2) is 46.9 Å². The average molecular weight is 415 g/mol. The zero-order valence-corrected chi connectivity index (χ0v) is 17.1. The number of hydrogen-bond donors (Lipinski definition) is 1. The quantitative estimate of drug-likeness (QED) is 0.479. The summed E-state index contributed by atoms with van der Waals surface area (Å²) in [4.78, 5) is 11.5. The highest BCUT2D eigenvalue weighted by atomic mass is 35.5. The Labute approximate surface area is 173 Å². The molecule has 2 aromatic carbocycles. The summed E-state index contributed by atoms with van der Waals surface area (Å²) in [6.07, 6.45) is 0.739. The molecular weight excluding hydrogens is 395 g/mol. The second kappa shape index (κ2) is 7.68. The van der Waals surface area contributed by atoms with Crippen LogP contribution < -0.4 is 5.73 Å². The maximum absolute atomic E-state index is 6.50. The molecule has 1 atom stereocenters. The van der Waals surface area contributed by atoms with E-state index >= 15 is 0 Å². The van der Waals surface area contributed by atoms with E-state index in [1.165, 1.54) is 0 Å². The van der Waals surface area contributed by atoms with Crippen LogP contribution in [-0.4, -0.2) is 35.5 Å². The van der Waals surface area contributed by atoms with Crippen molar-refractivity contribution in [1.82, 2.24) is 14.9 Å². The van der Waals surface area contributed by atoms with Crippen LogP contribution in [0.5, 0.6) is 0 Å². The van der Waals surface area contributed by atoms with Crippen molar-refractivity contribution in [3.63, 3.8) is 0 Å². The average Bonchev–Trinajstić information content (AvgIpc) is 3.09. The summed E-state index contributed by atoms with van der Waals surface area (Å²) in [5.74, 6) is 1.04. The van der Waals surface area contributed by atoms with E-state index in [-0.39, 0.29) is 6.04 Å². The molecule has 144 valence electrons. The number of halogens is 2. The third-order valence-corrected chi connectivity index (χ3v) is 5.14. The number of benzene rings is 2. The third-order valence-electron chi connectivity index (χ3n) is 4.63. The van der Waals surface area contributed by atoms with Gasteiger partial charge in [0.05, 0.1) is 16.2 Å². The van der Waals surface area contributed by atoms with Gasteiger partial charge in [0.15, 0.2) is 11.6 Å². The van der Waals surface area contributed by atoms with Crippen molar-refractivity contribution in [1.29, 1.82) is 0 Å².